The van der Waals surface area contributed by atoms with Crippen LogP contribution < -0.4 is 10.2 Å². The zero-order chi connectivity index (χ0) is 21.3. The largest absolute Gasteiger partial charge is 0.451 e. The van der Waals surface area contributed by atoms with Crippen LogP contribution in [0.2, 0.25) is 0 Å². The molecule has 1 aromatic heterocycles. The van der Waals surface area contributed by atoms with E-state index in [2.05, 4.69) is 5.32 Å². The van der Waals surface area contributed by atoms with E-state index in [-0.39, 0.29) is 23.0 Å². The standard InChI is InChI=1S/C22H17F3N2O3/c23-22(24,25)15-5-1-4-14(12-15)18-9-10-19(30-18)21(29)26-16-6-2-7-17(13-16)27-11-3-8-20(27)28/h1-2,4-7,9-10,12-13H,3,8,11H2,(H,26,29). The first-order chi connectivity index (χ1) is 14.3. The molecule has 1 N–H and O–H groups in total. The Morgan fingerprint density at radius 2 is 1.83 bits per heavy atom. The fourth-order valence-electron chi connectivity index (χ4n) is 3.33. The van der Waals surface area contributed by atoms with Gasteiger partial charge in [0.15, 0.2) is 5.76 Å². The third-order valence-corrected chi connectivity index (χ3v) is 4.79. The second-order valence-corrected chi connectivity index (χ2v) is 6.90. The molecule has 0 radical (unpaired) electrons. The van der Waals surface area contributed by atoms with E-state index in [1.165, 1.54) is 24.3 Å². The van der Waals surface area contributed by atoms with Crippen LogP contribution in [0.15, 0.2) is 65.1 Å². The number of nitrogens with one attached hydrogen (secondary N) is 1. The first kappa shape index (κ1) is 19.8. The van der Waals surface area contributed by atoms with Crippen molar-refractivity contribution in [3.8, 4) is 11.3 Å². The average Bonchev–Trinajstić information content (AvgIpc) is 3.37. The third-order valence-electron chi connectivity index (χ3n) is 4.79. The van der Waals surface area contributed by atoms with E-state index in [1.807, 2.05) is 0 Å². The van der Waals surface area contributed by atoms with Gasteiger partial charge in [0.1, 0.15) is 5.76 Å². The molecule has 154 valence electrons. The summed E-state index contributed by atoms with van der Waals surface area (Å²) >= 11 is 0. The van der Waals surface area contributed by atoms with E-state index in [4.69, 9.17) is 4.42 Å². The summed E-state index contributed by atoms with van der Waals surface area (Å²) < 4.78 is 44.2. The van der Waals surface area contributed by atoms with Crippen LogP contribution >= 0.6 is 0 Å². The highest BCUT2D eigenvalue weighted by Gasteiger charge is 2.30. The van der Waals surface area contributed by atoms with Crippen LogP contribution in [0.3, 0.4) is 0 Å². The SMILES string of the molecule is O=C(Nc1cccc(N2CCCC2=O)c1)c1ccc(-c2cccc(C(F)(F)F)c2)o1. The molecule has 0 unspecified atom stereocenters. The molecule has 1 aliphatic rings. The van der Waals surface area contributed by atoms with Gasteiger partial charge in [-0.25, -0.2) is 0 Å². The molecule has 8 heteroatoms. The van der Waals surface area contributed by atoms with E-state index in [0.29, 0.717) is 24.3 Å². The van der Waals surface area contributed by atoms with Crippen molar-refractivity contribution in [2.75, 3.05) is 16.8 Å². The smallest absolute Gasteiger partial charge is 0.416 e. The van der Waals surface area contributed by atoms with Gasteiger partial charge in [0.05, 0.1) is 5.56 Å². The molecule has 30 heavy (non-hydrogen) atoms. The highest BCUT2D eigenvalue weighted by Crippen LogP contribution is 2.33. The maximum Gasteiger partial charge on any atom is 0.416 e. The molecule has 0 spiro atoms. The van der Waals surface area contributed by atoms with Crippen molar-refractivity contribution in [2.45, 2.75) is 19.0 Å². The Morgan fingerprint density at radius 1 is 1.03 bits per heavy atom. The Hall–Kier alpha value is -3.55. The Balaban J connectivity index is 1.51. The van der Waals surface area contributed by atoms with Crippen molar-refractivity contribution < 1.29 is 27.2 Å². The summed E-state index contributed by atoms with van der Waals surface area (Å²) in [5.74, 6) is -0.388. The van der Waals surface area contributed by atoms with Crippen LogP contribution in [0.25, 0.3) is 11.3 Å². The molecule has 1 fully saturated rings. The number of alkyl halides is 3. The van der Waals surface area contributed by atoms with Crippen molar-refractivity contribution in [2.24, 2.45) is 0 Å². The van der Waals surface area contributed by atoms with Crippen LogP contribution in [-0.2, 0) is 11.0 Å². The summed E-state index contributed by atoms with van der Waals surface area (Å²) in [6, 6.07) is 14.4. The molecule has 1 saturated heterocycles. The minimum atomic E-state index is -4.47. The monoisotopic (exact) mass is 414 g/mol. The first-order valence-corrected chi connectivity index (χ1v) is 9.30. The number of hydrogen-bond donors (Lipinski definition) is 1. The van der Waals surface area contributed by atoms with E-state index in [0.717, 1.165) is 18.6 Å². The topological polar surface area (TPSA) is 62.6 Å². The average molecular weight is 414 g/mol. The van der Waals surface area contributed by atoms with E-state index in [9.17, 15) is 22.8 Å². The minimum Gasteiger partial charge on any atom is -0.451 e. The molecule has 0 bridgehead atoms. The van der Waals surface area contributed by atoms with Gasteiger partial charge in [-0.2, -0.15) is 13.2 Å². The van der Waals surface area contributed by atoms with Gasteiger partial charge in [-0.3, -0.25) is 9.59 Å². The summed E-state index contributed by atoms with van der Waals surface area (Å²) in [7, 11) is 0. The first-order valence-electron chi connectivity index (χ1n) is 9.30. The number of amides is 2. The molecule has 2 aromatic carbocycles. The molecule has 2 amide bonds. The molecule has 5 nitrogen and oxygen atoms in total. The molecule has 1 aliphatic heterocycles. The predicted octanol–water partition coefficient (Wildman–Crippen LogP) is 5.34. The highest BCUT2D eigenvalue weighted by molar-refractivity contribution is 6.03. The van der Waals surface area contributed by atoms with Gasteiger partial charge in [0, 0.05) is 29.9 Å². The fraction of sp³-hybridized carbons (Fsp3) is 0.182. The number of benzene rings is 2. The van der Waals surface area contributed by atoms with Crippen LogP contribution in [0.4, 0.5) is 24.5 Å². The lowest BCUT2D eigenvalue weighted by Crippen LogP contribution is -2.23. The molecule has 3 aromatic rings. The number of nitrogens with zero attached hydrogens (tertiary/aromatic N) is 1. The lowest BCUT2D eigenvalue weighted by Gasteiger charge is -2.16. The number of anilines is 2. The van der Waals surface area contributed by atoms with E-state index < -0.39 is 17.6 Å². The minimum absolute atomic E-state index is 0.0370. The van der Waals surface area contributed by atoms with Crippen LogP contribution in [0.5, 0.6) is 0 Å². The van der Waals surface area contributed by atoms with Crippen LogP contribution in [0.1, 0.15) is 29.0 Å². The van der Waals surface area contributed by atoms with Crippen molar-refractivity contribution in [3.05, 3.63) is 72.0 Å². The van der Waals surface area contributed by atoms with Gasteiger partial charge in [-0.1, -0.05) is 18.2 Å². The summed E-state index contributed by atoms with van der Waals surface area (Å²) in [4.78, 5) is 26.1. The van der Waals surface area contributed by atoms with Gasteiger partial charge in [0.25, 0.3) is 5.91 Å². The van der Waals surface area contributed by atoms with E-state index >= 15 is 0 Å². The molecule has 0 aliphatic carbocycles. The zero-order valence-corrected chi connectivity index (χ0v) is 15.7. The van der Waals surface area contributed by atoms with Gasteiger partial charge < -0.3 is 14.6 Å². The Morgan fingerprint density at radius 3 is 2.57 bits per heavy atom. The molecule has 0 atom stereocenters. The Labute approximate surface area is 170 Å². The molecular weight excluding hydrogens is 397 g/mol. The van der Waals surface area contributed by atoms with Crippen molar-refractivity contribution in [3.63, 3.8) is 0 Å². The van der Waals surface area contributed by atoms with Crippen molar-refractivity contribution in [1.29, 1.82) is 0 Å². The van der Waals surface area contributed by atoms with Gasteiger partial charge in [-0.05, 0) is 48.9 Å². The Kier molecular flexibility index (Phi) is 5.07. The number of halogens is 3. The summed E-state index contributed by atoms with van der Waals surface area (Å²) in [5, 5.41) is 2.69. The number of furan rings is 1. The number of carbonyl (C=O) groups excluding carboxylic acids is 2. The van der Waals surface area contributed by atoms with Crippen molar-refractivity contribution in [1.82, 2.24) is 0 Å². The highest BCUT2D eigenvalue weighted by atomic mass is 19.4. The lowest BCUT2D eigenvalue weighted by atomic mass is 10.1. The molecule has 0 saturated carbocycles. The molecular formula is C22H17F3N2O3. The van der Waals surface area contributed by atoms with E-state index in [1.54, 1.807) is 29.2 Å². The van der Waals surface area contributed by atoms with Gasteiger partial charge in [-0.15, -0.1) is 0 Å². The second kappa shape index (κ2) is 7.70. The summed E-state index contributed by atoms with van der Waals surface area (Å²) in [6.07, 6.45) is -3.17. The fourth-order valence-corrected chi connectivity index (χ4v) is 3.33. The lowest BCUT2D eigenvalue weighted by molar-refractivity contribution is -0.137. The Bertz CT molecular complexity index is 1100. The van der Waals surface area contributed by atoms with Crippen LogP contribution in [0, 0.1) is 0 Å². The normalized spacial score (nSPS) is 14.2. The number of rotatable bonds is 4. The molecule has 4 rings (SSSR count). The maximum atomic E-state index is 12.9. The van der Waals surface area contributed by atoms with Crippen LogP contribution in [-0.4, -0.2) is 18.4 Å². The predicted molar refractivity (Wildman–Crippen MR) is 105 cm³/mol. The van der Waals surface area contributed by atoms with Gasteiger partial charge in [0.2, 0.25) is 5.91 Å². The summed E-state index contributed by atoms with van der Waals surface area (Å²) in [5.41, 5.74) is 0.600. The zero-order valence-electron chi connectivity index (χ0n) is 15.7. The number of carbonyl (C=O) groups is 2. The summed E-state index contributed by atoms with van der Waals surface area (Å²) in [6.45, 7) is 0.634. The van der Waals surface area contributed by atoms with Crippen molar-refractivity contribution >= 4 is 23.2 Å². The quantitative estimate of drug-likeness (QED) is 0.627. The maximum absolute atomic E-state index is 12.9. The second-order valence-electron chi connectivity index (χ2n) is 6.90. The van der Waals surface area contributed by atoms with Gasteiger partial charge >= 0.3 is 6.18 Å². The third kappa shape index (κ3) is 4.07. The number of hydrogen-bond acceptors (Lipinski definition) is 3. The molecule has 2 heterocycles.